The van der Waals surface area contributed by atoms with Gasteiger partial charge in [-0.15, -0.1) is 11.8 Å². The Morgan fingerprint density at radius 2 is 1.90 bits per heavy atom. The number of carboxylic acids is 1. The van der Waals surface area contributed by atoms with Crippen molar-refractivity contribution in [2.45, 2.75) is 37.8 Å². The summed E-state index contributed by atoms with van der Waals surface area (Å²) in [5, 5.41) is 8.80. The van der Waals surface area contributed by atoms with Crippen molar-refractivity contribution in [1.82, 2.24) is 0 Å². The number of hydrogen-bond acceptors (Lipinski definition) is 4. The van der Waals surface area contributed by atoms with E-state index in [1.807, 2.05) is 45.9 Å². The zero-order valence-electron chi connectivity index (χ0n) is 12.4. The maximum absolute atomic E-state index is 11.3. The van der Waals surface area contributed by atoms with Gasteiger partial charge in [0, 0.05) is 0 Å². The number of carbonyl (C=O) groups is 1. The van der Waals surface area contributed by atoms with Gasteiger partial charge in [0.1, 0.15) is 16.7 Å². The Kier molecular flexibility index (Phi) is 6.71. The van der Waals surface area contributed by atoms with E-state index in [0.717, 1.165) is 10.6 Å². The summed E-state index contributed by atoms with van der Waals surface area (Å²) in [6.45, 7) is 8.74. The molecule has 0 heterocycles. The zero-order chi connectivity index (χ0) is 15.1. The standard InChI is InChI=1S/C15H22O4S/c1-5-18-11-7-8-12(19-6-2)13(9-11)20-14(10(3)4)15(16)17/h7-10,14H,5-6H2,1-4H3,(H,16,17). The van der Waals surface area contributed by atoms with Crippen molar-refractivity contribution < 1.29 is 19.4 Å². The number of thioether (sulfide) groups is 1. The molecular weight excluding hydrogens is 276 g/mol. The van der Waals surface area contributed by atoms with Crippen molar-refractivity contribution in [2.24, 2.45) is 5.92 Å². The van der Waals surface area contributed by atoms with Crippen LogP contribution in [0, 0.1) is 5.92 Å². The first-order chi connectivity index (χ1) is 9.49. The van der Waals surface area contributed by atoms with Crippen molar-refractivity contribution in [3.8, 4) is 11.5 Å². The van der Waals surface area contributed by atoms with Gasteiger partial charge in [0.2, 0.25) is 0 Å². The third-order valence-corrected chi connectivity index (χ3v) is 4.20. The number of hydrogen-bond donors (Lipinski definition) is 1. The maximum atomic E-state index is 11.3. The Hall–Kier alpha value is -1.36. The highest BCUT2D eigenvalue weighted by Crippen LogP contribution is 2.37. The first-order valence-electron chi connectivity index (χ1n) is 6.78. The highest BCUT2D eigenvalue weighted by atomic mass is 32.2. The lowest BCUT2D eigenvalue weighted by Crippen LogP contribution is -2.22. The van der Waals surface area contributed by atoms with Crippen molar-refractivity contribution in [3.05, 3.63) is 18.2 Å². The van der Waals surface area contributed by atoms with E-state index in [0.29, 0.717) is 19.0 Å². The van der Waals surface area contributed by atoms with Crippen LogP contribution in [-0.2, 0) is 4.79 Å². The minimum atomic E-state index is -0.811. The smallest absolute Gasteiger partial charge is 0.317 e. The Bertz CT molecular complexity index is 445. The van der Waals surface area contributed by atoms with E-state index < -0.39 is 11.2 Å². The van der Waals surface area contributed by atoms with Crippen LogP contribution in [0.1, 0.15) is 27.7 Å². The number of ether oxygens (including phenoxy) is 2. The Morgan fingerprint density at radius 1 is 1.25 bits per heavy atom. The highest BCUT2D eigenvalue weighted by Gasteiger charge is 2.24. The fraction of sp³-hybridized carbons (Fsp3) is 0.533. The van der Waals surface area contributed by atoms with Crippen molar-refractivity contribution in [1.29, 1.82) is 0 Å². The van der Waals surface area contributed by atoms with Gasteiger partial charge in [-0.1, -0.05) is 13.8 Å². The second kappa shape index (κ2) is 8.04. The third kappa shape index (κ3) is 4.63. The van der Waals surface area contributed by atoms with Crippen LogP contribution in [0.2, 0.25) is 0 Å². The van der Waals surface area contributed by atoms with E-state index in [-0.39, 0.29) is 5.92 Å². The summed E-state index contributed by atoms with van der Waals surface area (Å²) in [7, 11) is 0. The van der Waals surface area contributed by atoms with Crippen LogP contribution in [0.4, 0.5) is 0 Å². The highest BCUT2D eigenvalue weighted by molar-refractivity contribution is 8.00. The summed E-state index contributed by atoms with van der Waals surface area (Å²) >= 11 is 1.31. The maximum Gasteiger partial charge on any atom is 0.317 e. The van der Waals surface area contributed by atoms with Gasteiger partial charge in [-0.25, -0.2) is 0 Å². The summed E-state index contributed by atoms with van der Waals surface area (Å²) in [5.74, 6) is 0.649. The van der Waals surface area contributed by atoms with Crippen LogP contribution in [0.15, 0.2) is 23.1 Å². The molecule has 4 nitrogen and oxygen atoms in total. The molecule has 0 bridgehead atoms. The monoisotopic (exact) mass is 298 g/mol. The molecule has 0 aliphatic rings. The molecule has 0 amide bonds. The first-order valence-corrected chi connectivity index (χ1v) is 7.66. The zero-order valence-corrected chi connectivity index (χ0v) is 13.2. The lowest BCUT2D eigenvalue weighted by molar-refractivity contribution is -0.137. The molecule has 112 valence electrons. The van der Waals surface area contributed by atoms with E-state index in [1.165, 1.54) is 11.8 Å². The predicted octanol–water partition coefficient (Wildman–Crippen LogP) is 3.69. The number of benzene rings is 1. The summed E-state index contributed by atoms with van der Waals surface area (Å²) in [6, 6.07) is 5.51. The fourth-order valence-corrected chi connectivity index (χ4v) is 2.79. The molecule has 20 heavy (non-hydrogen) atoms. The number of carboxylic acid groups (broad SMARTS) is 1. The molecule has 0 saturated carbocycles. The quantitative estimate of drug-likeness (QED) is 0.742. The molecule has 5 heteroatoms. The van der Waals surface area contributed by atoms with E-state index >= 15 is 0 Å². The van der Waals surface area contributed by atoms with Gasteiger partial charge in [-0.05, 0) is 38.0 Å². The molecular formula is C15H22O4S. The molecule has 0 radical (unpaired) electrons. The molecule has 0 aliphatic carbocycles. The van der Waals surface area contributed by atoms with Crippen molar-refractivity contribution >= 4 is 17.7 Å². The molecule has 0 aliphatic heterocycles. The first kappa shape index (κ1) is 16.7. The molecule has 1 aromatic carbocycles. The van der Waals surface area contributed by atoms with Gasteiger partial charge < -0.3 is 14.6 Å². The predicted molar refractivity (Wildman–Crippen MR) is 80.9 cm³/mol. The van der Waals surface area contributed by atoms with Crippen LogP contribution in [0.25, 0.3) is 0 Å². The minimum Gasteiger partial charge on any atom is -0.494 e. The average molecular weight is 298 g/mol. The summed E-state index contributed by atoms with van der Waals surface area (Å²) in [4.78, 5) is 12.1. The SMILES string of the molecule is CCOc1ccc(OCC)c(SC(C(=O)O)C(C)C)c1. The van der Waals surface area contributed by atoms with E-state index in [2.05, 4.69) is 0 Å². The van der Waals surface area contributed by atoms with Gasteiger partial charge in [-0.3, -0.25) is 4.79 Å². The molecule has 0 aromatic heterocycles. The molecule has 1 atom stereocenters. The van der Waals surface area contributed by atoms with Gasteiger partial charge in [0.05, 0.1) is 18.1 Å². The van der Waals surface area contributed by atoms with Crippen molar-refractivity contribution in [3.63, 3.8) is 0 Å². The largest absolute Gasteiger partial charge is 0.494 e. The van der Waals surface area contributed by atoms with Gasteiger partial charge >= 0.3 is 5.97 Å². The van der Waals surface area contributed by atoms with Crippen LogP contribution in [-0.4, -0.2) is 29.5 Å². The van der Waals surface area contributed by atoms with Crippen LogP contribution < -0.4 is 9.47 Å². The van der Waals surface area contributed by atoms with E-state index in [1.54, 1.807) is 0 Å². The van der Waals surface area contributed by atoms with Crippen molar-refractivity contribution in [2.75, 3.05) is 13.2 Å². The average Bonchev–Trinajstić information content (AvgIpc) is 2.38. The molecule has 1 N–H and O–H groups in total. The Morgan fingerprint density at radius 3 is 2.40 bits per heavy atom. The van der Waals surface area contributed by atoms with Crippen LogP contribution in [0.3, 0.4) is 0 Å². The number of aliphatic carboxylic acids is 1. The molecule has 0 spiro atoms. The van der Waals surface area contributed by atoms with Crippen LogP contribution in [0.5, 0.6) is 11.5 Å². The fourth-order valence-electron chi connectivity index (χ4n) is 1.72. The molecule has 0 saturated heterocycles. The third-order valence-electron chi connectivity index (χ3n) is 2.63. The second-order valence-corrected chi connectivity index (χ2v) is 5.78. The second-order valence-electron chi connectivity index (χ2n) is 4.60. The number of rotatable bonds is 8. The molecule has 1 unspecified atom stereocenters. The molecule has 1 rings (SSSR count). The van der Waals surface area contributed by atoms with Gasteiger partial charge in [-0.2, -0.15) is 0 Å². The van der Waals surface area contributed by atoms with E-state index in [4.69, 9.17) is 9.47 Å². The van der Waals surface area contributed by atoms with Gasteiger partial charge in [0.15, 0.2) is 0 Å². The van der Waals surface area contributed by atoms with Crippen LogP contribution >= 0.6 is 11.8 Å². The molecule has 1 aromatic rings. The lowest BCUT2D eigenvalue weighted by Gasteiger charge is -2.18. The lowest BCUT2D eigenvalue weighted by atomic mass is 10.1. The molecule has 0 fully saturated rings. The van der Waals surface area contributed by atoms with E-state index in [9.17, 15) is 9.90 Å². The summed E-state index contributed by atoms with van der Waals surface area (Å²) in [5.41, 5.74) is 0. The summed E-state index contributed by atoms with van der Waals surface area (Å²) in [6.07, 6.45) is 0. The normalized spacial score (nSPS) is 12.2. The topological polar surface area (TPSA) is 55.8 Å². The Labute approximate surface area is 124 Å². The van der Waals surface area contributed by atoms with Gasteiger partial charge in [0.25, 0.3) is 0 Å². The minimum absolute atomic E-state index is 0.0303. The summed E-state index contributed by atoms with van der Waals surface area (Å²) < 4.78 is 11.0. The Balaban J connectivity index is 3.04.